The van der Waals surface area contributed by atoms with Crippen molar-refractivity contribution in [3.05, 3.63) is 68.5 Å². The van der Waals surface area contributed by atoms with Crippen LogP contribution in [-0.4, -0.2) is 30.5 Å². The van der Waals surface area contributed by atoms with Crippen LogP contribution in [0.4, 0.5) is 23.4 Å². The third kappa shape index (κ3) is 4.92. The van der Waals surface area contributed by atoms with Crippen LogP contribution in [0, 0.1) is 6.92 Å². The lowest BCUT2D eigenvalue weighted by Gasteiger charge is -2.08. The number of halogens is 6. The van der Waals surface area contributed by atoms with E-state index in [2.05, 4.69) is 36.4 Å². The molecule has 0 bridgehead atoms. The highest BCUT2D eigenvalue weighted by molar-refractivity contribution is 9.10. The van der Waals surface area contributed by atoms with Gasteiger partial charge >= 0.3 is 0 Å². The Labute approximate surface area is 203 Å². The zero-order valence-corrected chi connectivity index (χ0v) is 19.8. The highest BCUT2D eigenvalue weighted by Crippen LogP contribution is 2.32. The van der Waals surface area contributed by atoms with E-state index in [1.54, 1.807) is 23.0 Å². The molecule has 7 nitrogen and oxygen atoms in total. The highest BCUT2D eigenvalue weighted by Gasteiger charge is 2.24. The zero-order valence-electron chi connectivity index (χ0n) is 17.4. The quantitative estimate of drug-likeness (QED) is 0.286. The van der Waals surface area contributed by atoms with Crippen molar-refractivity contribution in [2.45, 2.75) is 32.9 Å². The first-order valence-electron chi connectivity index (χ1n) is 9.84. The smallest absolute Gasteiger partial charge is 0.280 e. The minimum absolute atomic E-state index is 0.0580. The summed E-state index contributed by atoms with van der Waals surface area (Å²) in [5.41, 5.74) is -0.664. The van der Waals surface area contributed by atoms with E-state index in [9.17, 15) is 22.4 Å². The Bertz CT molecular complexity index is 1370. The first-order valence-corrected chi connectivity index (χ1v) is 11.0. The predicted octanol–water partition coefficient (Wildman–Crippen LogP) is 5.91. The first-order chi connectivity index (χ1) is 16.1. The monoisotopic (exact) mass is 558 g/mol. The Hall–Kier alpha value is -2.99. The summed E-state index contributed by atoms with van der Waals surface area (Å²) in [6, 6.07) is 7.91. The molecule has 0 aliphatic rings. The van der Waals surface area contributed by atoms with E-state index in [1.807, 2.05) is 12.1 Å². The number of carbonyl (C=O) groups is 1. The Balaban J connectivity index is 1.57. The van der Waals surface area contributed by atoms with Gasteiger partial charge in [-0.05, 0) is 40.5 Å². The summed E-state index contributed by atoms with van der Waals surface area (Å²) in [5, 5.41) is 11.5. The second kappa shape index (κ2) is 9.71. The van der Waals surface area contributed by atoms with Gasteiger partial charge in [-0.3, -0.25) is 9.48 Å². The number of nitrogens with one attached hydrogen (secondary N) is 1. The molecular weight excluding hydrogens is 544 g/mol. The number of hydrogen-bond acceptors (Lipinski definition) is 4. The van der Waals surface area contributed by atoms with E-state index in [0.29, 0.717) is 22.1 Å². The molecule has 4 rings (SSSR count). The number of anilines is 1. The summed E-state index contributed by atoms with van der Waals surface area (Å²) in [7, 11) is 0. The van der Waals surface area contributed by atoms with Gasteiger partial charge in [0, 0.05) is 16.8 Å². The summed E-state index contributed by atoms with van der Waals surface area (Å²) >= 11 is 9.50. The second-order valence-electron chi connectivity index (χ2n) is 7.34. The molecule has 0 aliphatic carbocycles. The van der Waals surface area contributed by atoms with E-state index in [0.717, 1.165) is 10.2 Å². The van der Waals surface area contributed by atoms with E-state index in [4.69, 9.17) is 11.6 Å². The van der Waals surface area contributed by atoms with Gasteiger partial charge in [0.2, 0.25) is 5.91 Å². The molecule has 0 saturated carbocycles. The largest absolute Gasteiger partial charge is 0.307 e. The van der Waals surface area contributed by atoms with Crippen LogP contribution in [-0.2, 0) is 17.9 Å². The Morgan fingerprint density at radius 3 is 2.59 bits per heavy atom. The number of carbonyl (C=O) groups excluding carboxylic acids is 1. The lowest BCUT2D eigenvalue weighted by atomic mass is 10.1. The number of fused-ring (bicyclic) bond motifs is 1. The summed E-state index contributed by atoms with van der Waals surface area (Å²) in [6.07, 6.45) is -4.42. The van der Waals surface area contributed by atoms with Gasteiger partial charge in [-0.15, -0.1) is 0 Å². The molecule has 0 saturated heterocycles. The molecule has 1 aromatic carbocycles. The van der Waals surface area contributed by atoms with Crippen LogP contribution in [0.15, 0.2) is 41.0 Å². The van der Waals surface area contributed by atoms with Gasteiger partial charge in [-0.2, -0.15) is 10.2 Å². The number of aromatic nitrogens is 5. The van der Waals surface area contributed by atoms with Crippen molar-refractivity contribution in [2.24, 2.45) is 0 Å². The minimum Gasteiger partial charge on any atom is -0.307 e. The summed E-state index contributed by atoms with van der Waals surface area (Å²) < 4.78 is 56.5. The average Bonchev–Trinajstić information content (AvgIpc) is 3.27. The van der Waals surface area contributed by atoms with Gasteiger partial charge in [-0.25, -0.2) is 27.2 Å². The number of hydrogen-bond donors (Lipinski definition) is 1. The Kier molecular flexibility index (Phi) is 6.89. The minimum atomic E-state index is -3.06. The second-order valence-corrected chi connectivity index (χ2v) is 8.60. The molecule has 0 radical (unpaired) electrons. The fourth-order valence-electron chi connectivity index (χ4n) is 3.47. The van der Waals surface area contributed by atoms with E-state index >= 15 is 0 Å². The van der Waals surface area contributed by atoms with Gasteiger partial charge in [0.15, 0.2) is 11.5 Å². The van der Waals surface area contributed by atoms with E-state index in [1.165, 1.54) is 6.92 Å². The fraction of sp³-hybridized carbons (Fsp3) is 0.238. The van der Waals surface area contributed by atoms with Crippen molar-refractivity contribution in [1.29, 1.82) is 0 Å². The highest BCUT2D eigenvalue weighted by atomic mass is 79.9. The van der Waals surface area contributed by atoms with Gasteiger partial charge in [0.1, 0.15) is 12.2 Å². The van der Waals surface area contributed by atoms with Crippen molar-refractivity contribution >= 4 is 50.3 Å². The molecule has 0 fully saturated rings. The third-order valence-corrected chi connectivity index (χ3v) is 5.89. The van der Waals surface area contributed by atoms with Crippen LogP contribution in [0.5, 0.6) is 0 Å². The molecule has 3 heterocycles. The standard InChI is InChI=1S/C21H16BrClF4N6O/c1-10-17-12(18(24)25)6-15(19(26)27)28-21(17)33(30-10)9-16(34)29-20-13(22)8-32(31-20)7-11-4-2-3-5-14(11)23/h2-6,8,18-19H,7,9H2,1H3,(H,29,31,34). The van der Waals surface area contributed by atoms with Crippen LogP contribution in [0.2, 0.25) is 5.02 Å². The molecule has 1 N–H and O–H groups in total. The molecule has 0 unspecified atom stereocenters. The van der Waals surface area contributed by atoms with Crippen LogP contribution < -0.4 is 5.32 Å². The van der Waals surface area contributed by atoms with Crippen molar-refractivity contribution in [2.75, 3.05) is 5.32 Å². The summed E-state index contributed by atoms with van der Waals surface area (Å²) in [4.78, 5) is 16.4. The van der Waals surface area contributed by atoms with Crippen LogP contribution in [0.1, 0.15) is 35.4 Å². The van der Waals surface area contributed by atoms with E-state index in [-0.39, 0.29) is 22.5 Å². The number of amides is 1. The first kappa shape index (κ1) is 24.1. The predicted molar refractivity (Wildman–Crippen MR) is 121 cm³/mol. The number of pyridine rings is 1. The molecular formula is C21H16BrClF4N6O. The molecule has 13 heteroatoms. The third-order valence-electron chi connectivity index (χ3n) is 4.94. The van der Waals surface area contributed by atoms with Crippen molar-refractivity contribution < 1.29 is 22.4 Å². The average molecular weight is 560 g/mol. The number of nitrogens with zero attached hydrogens (tertiary/aromatic N) is 5. The molecule has 0 atom stereocenters. The van der Waals surface area contributed by atoms with Crippen molar-refractivity contribution in [3.8, 4) is 0 Å². The maximum absolute atomic E-state index is 13.5. The topological polar surface area (TPSA) is 77.6 Å². The molecule has 3 aromatic heterocycles. The molecule has 4 aromatic rings. The molecule has 34 heavy (non-hydrogen) atoms. The molecule has 1 amide bonds. The fourth-order valence-corrected chi connectivity index (χ4v) is 4.08. The van der Waals surface area contributed by atoms with Gasteiger partial charge < -0.3 is 5.32 Å². The van der Waals surface area contributed by atoms with Crippen LogP contribution >= 0.6 is 27.5 Å². The normalized spacial score (nSPS) is 11.7. The Morgan fingerprint density at radius 2 is 1.91 bits per heavy atom. The molecule has 0 aliphatic heterocycles. The number of alkyl halides is 4. The van der Waals surface area contributed by atoms with E-state index < -0.39 is 36.6 Å². The lowest BCUT2D eigenvalue weighted by molar-refractivity contribution is -0.116. The number of aryl methyl sites for hydroxylation is 1. The summed E-state index contributed by atoms with van der Waals surface area (Å²) in [6.45, 7) is 1.35. The molecule has 0 spiro atoms. The lowest BCUT2D eigenvalue weighted by Crippen LogP contribution is -2.20. The SMILES string of the molecule is Cc1nn(CC(=O)Nc2nn(Cc3ccccc3Cl)cc2Br)c2nc(C(F)F)cc(C(F)F)c12. The van der Waals surface area contributed by atoms with Crippen LogP contribution in [0.25, 0.3) is 11.0 Å². The maximum Gasteiger partial charge on any atom is 0.280 e. The zero-order chi connectivity index (χ0) is 24.6. The number of rotatable bonds is 7. The molecule has 178 valence electrons. The van der Waals surface area contributed by atoms with Gasteiger partial charge in [0.05, 0.1) is 22.1 Å². The summed E-state index contributed by atoms with van der Waals surface area (Å²) in [5.74, 6) is -0.393. The van der Waals surface area contributed by atoms with Gasteiger partial charge in [-0.1, -0.05) is 29.8 Å². The van der Waals surface area contributed by atoms with Crippen LogP contribution in [0.3, 0.4) is 0 Å². The number of benzene rings is 1. The van der Waals surface area contributed by atoms with Crippen molar-refractivity contribution in [1.82, 2.24) is 24.5 Å². The Morgan fingerprint density at radius 1 is 1.18 bits per heavy atom. The maximum atomic E-state index is 13.5. The van der Waals surface area contributed by atoms with Crippen molar-refractivity contribution in [3.63, 3.8) is 0 Å². The van der Waals surface area contributed by atoms with Gasteiger partial charge in [0.25, 0.3) is 12.9 Å².